The Labute approximate surface area is 215 Å². The molecule has 194 valence electrons. The molecule has 0 aliphatic rings. The molecule has 0 aliphatic carbocycles. The molecule has 0 unspecified atom stereocenters. The molecule has 3 aromatic heterocycles. The first-order valence-corrected chi connectivity index (χ1v) is 13.9. The van der Waals surface area contributed by atoms with Crippen LogP contribution in [0.1, 0.15) is 91.8 Å². The highest BCUT2D eigenvalue weighted by molar-refractivity contribution is 6.00. The smallest absolute Gasteiger partial charge is 0.311 e. The van der Waals surface area contributed by atoms with Crippen molar-refractivity contribution < 1.29 is 9.53 Å². The molecule has 4 rings (SSSR count). The van der Waals surface area contributed by atoms with E-state index >= 15 is 0 Å². The van der Waals surface area contributed by atoms with Gasteiger partial charge in [-0.05, 0) is 30.4 Å². The first kappa shape index (κ1) is 26.2. The van der Waals surface area contributed by atoms with E-state index in [4.69, 9.17) is 14.7 Å². The zero-order valence-corrected chi connectivity index (χ0v) is 22.7. The average molecular weight is 491 g/mol. The Bertz CT molecular complexity index is 1320. The number of unbranched alkanes of at least 4 members (excludes halogenated alkanes) is 6. The summed E-state index contributed by atoms with van der Waals surface area (Å²) in [5.41, 5.74) is 3.65. The minimum Gasteiger partial charge on any atom is -0.424 e. The summed E-state index contributed by atoms with van der Waals surface area (Å²) in [5, 5.41) is 0.832. The van der Waals surface area contributed by atoms with Gasteiger partial charge in [0.25, 0.3) is 0 Å². The molecule has 36 heavy (non-hydrogen) atoms. The SMILES string of the molecule is CCCCCCCCCn1cc(OC(=O)CC(C)C)c2c1nc(CC(C)C)n1c3ccccc3nc21. The maximum absolute atomic E-state index is 12.7. The molecular weight excluding hydrogens is 448 g/mol. The molecule has 0 bridgehead atoms. The van der Waals surface area contributed by atoms with Gasteiger partial charge in [0.15, 0.2) is 11.4 Å². The number of aryl methyl sites for hydroxylation is 1. The zero-order chi connectivity index (χ0) is 25.7. The predicted octanol–water partition coefficient (Wildman–Crippen LogP) is 7.74. The van der Waals surface area contributed by atoms with Crippen molar-refractivity contribution in [3.05, 3.63) is 36.3 Å². The Hall–Kier alpha value is -2.89. The summed E-state index contributed by atoms with van der Waals surface area (Å²) in [6, 6.07) is 8.17. The standard InChI is InChI=1S/C30H42N4O2/c1-6-7-8-9-10-11-14-17-33-20-25(36-27(35)19-22(4)5)28-29(33)32-26(18-21(2)3)34-24-16-13-12-15-23(24)31-30(28)34/h12-13,15-16,20-22H,6-11,14,17-19H2,1-5H3. The second-order valence-electron chi connectivity index (χ2n) is 11.0. The van der Waals surface area contributed by atoms with Crippen molar-refractivity contribution in [2.45, 2.75) is 99.0 Å². The Kier molecular flexibility index (Phi) is 8.65. The van der Waals surface area contributed by atoms with Gasteiger partial charge in [0.05, 0.1) is 11.0 Å². The van der Waals surface area contributed by atoms with E-state index in [1.165, 1.54) is 38.5 Å². The van der Waals surface area contributed by atoms with Crippen LogP contribution < -0.4 is 4.74 Å². The minimum absolute atomic E-state index is 0.208. The summed E-state index contributed by atoms with van der Waals surface area (Å²) >= 11 is 0. The van der Waals surface area contributed by atoms with Crippen LogP contribution in [-0.2, 0) is 17.8 Å². The van der Waals surface area contributed by atoms with Gasteiger partial charge in [0.1, 0.15) is 16.9 Å². The van der Waals surface area contributed by atoms with Gasteiger partial charge in [-0.25, -0.2) is 9.97 Å². The zero-order valence-electron chi connectivity index (χ0n) is 22.7. The second kappa shape index (κ2) is 11.9. The van der Waals surface area contributed by atoms with Crippen LogP contribution in [0, 0.1) is 11.8 Å². The fourth-order valence-corrected chi connectivity index (χ4v) is 4.97. The van der Waals surface area contributed by atoms with E-state index in [0.29, 0.717) is 18.1 Å². The number of imidazole rings is 1. The monoisotopic (exact) mass is 490 g/mol. The maximum atomic E-state index is 12.7. The number of fused-ring (bicyclic) bond motifs is 5. The summed E-state index contributed by atoms with van der Waals surface area (Å²) in [6.07, 6.45) is 12.0. The van der Waals surface area contributed by atoms with Crippen LogP contribution in [0.2, 0.25) is 0 Å². The van der Waals surface area contributed by atoms with Crippen molar-refractivity contribution in [2.24, 2.45) is 11.8 Å². The van der Waals surface area contributed by atoms with Crippen molar-refractivity contribution in [1.82, 2.24) is 18.9 Å². The Morgan fingerprint density at radius 3 is 2.36 bits per heavy atom. The molecule has 1 aromatic carbocycles. The fraction of sp³-hybridized carbons (Fsp3) is 0.567. The van der Waals surface area contributed by atoms with E-state index in [9.17, 15) is 4.79 Å². The molecule has 0 saturated heterocycles. The Balaban J connectivity index is 1.77. The third kappa shape index (κ3) is 5.91. The average Bonchev–Trinajstić information content (AvgIpc) is 3.36. The molecule has 6 nitrogen and oxygen atoms in total. The lowest BCUT2D eigenvalue weighted by Gasteiger charge is -2.11. The van der Waals surface area contributed by atoms with Crippen LogP contribution >= 0.6 is 0 Å². The predicted molar refractivity (Wildman–Crippen MR) is 148 cm³/mol. The van der Waals surface area contributed by atoms with Gasteiger partial charge < -0.3 is 9.30 Å². The number of carbonyl (C=O) groups excluding carboxylic acids is 1. The first-order chi connectivity index (χ1) is 17.4. The fourth-order valence-electron chi connectivity index (χ4n) is 4.97. The van der Waals surface area contributed by atoms with Gasteiger partial charge >= 0.3 is 5.97 Å². The molecule has 0 radical (unpaired) electrons. The van der Waals surface area contributed by atoms with E-state index in [1.807, 2.05) is 38.2 Å². The van der Waals surface area contributed by atoms with Crippen molar-refractivity contribution >= 4 is 33.7 Å². The number of benzene rings is 1. The normalized spacial score (nSPS) is 12.1. The van der Waals surface area contributed by atoms with E-state index < -0.39 is 0 Å². The first-order valence-electron chi connectivity index (χ1n) is 13.9. The van der Waals surface area contributed by atoms with Gasteiger partial charge in [0, 0.05) is 25.6 Å². The minimum atomic E-state index is -0.208. The number of ether oxygens (including phenoxy) is 1. The maximum Gasteiger partial charge on any atom is 0.311 e. The highest BCUT2D eigenvalue weighted by atomic mass is 16.5. The molecule has 0 fully saturated rings. The van der Waals surface area contributed by atoms with Crippen molar-refractivity contribution in [1.29, 1.82) is 0 Å². The third-order valence-corrected chi connectivity index (χ3v) is 6.68. The molecule has 0 amide bonds. The number of hydrogen-bond donors (Lipinski definition) is 0. The van der Waals surface area contributed by atoms with Crippen LogP contribution in [0.15, 0.2) is 30.5 Å². The van der Waals surface area contributed by atoms with E-state index in [1.54, 1.807) is 0 Å². The number of hydrogen-bond acceptors (Lipinski definition) is 4. The van der Waals surface area contributed by atoms with Gasteiger partial charge in [0.2, 0.25) is 0 Å². The van der Waals surface area contributed by atoms with Crippen molar-refractivity contribution in [2.75, 3.05) is 0 Å². The Morgan fingerprint density at radius 1 is 0.917 bits per heavy atom. The lowest BCUT2D eigenvalue weighted by molar-refractivity contribution is -0.135. The van der Waals surface area contributed by atoms with E-state index in [-0.39, 0.29) is 11.9 Å². The van der Waals surface area contributed by atoms with E-state index in [0.717, 1.165) is 52.9 Å². The number of esters is 1. The van der Waals surface area contributed by atoms with Crippen LogP contribution in [0.3, 0.4) is 0 Å². The van der Waals surface area contributed by atoms with Crippen LogP contribution in [0.5, 0.6) is 5.75 Å². The highest BCUT2D eigenvalue weighted by Crippen LogP contribution is 2.34. The summed E-state index contributed by atoms with van der Waals surface area (Å²) in [7, 11) is 0. The summed E-state index contributed by atoms with van der Waals surface area (Å²) in [5.74, 6) is 2.06. The largest absolute Gasteiger partial charge is 0.424 e. The number of rotatable bonds is 13. The van der Waals surface area contributed by atoms with Crippen LogP contribution in [0.25, 0.3) is 27.7 Å². The Morgan fingerprint density at radius 2 is 1.64 bits per heavy atom. The van der Waals surface area contributed by atoms with Crippen LogP contribution in [-0.4, -0.2) is 24.9 Å². The molecule has 6 heteroatoms. The summed E-state index contributed by atoms with van der Waals surface area (Å²) in [6.45, 7) is 11.6. The van der Waals surface area contributed by atoms with Gasteiger partial charge in [-0.2, -0.15) is 0 Å². The van der Waals surface area contributed by atoms with Crippen LogP contribution in [0.4, 0.5) is 0 Å². The van der Waals surface area contributed by atoms with Crippen molar-refractivity contribution in [3.8, 4) is 5.75 Å². The van der Waals surface area contributed by atoms with Gasteiger partial charge in [-0.15, -0.1) is 0 Å². The molecular formula is C30H42N4O2. The molecule has 0 atom stereocenters. The van der Waals surface area contributed by atoms with Crippen molar-refractivity contribution in [3.63, 3.8) is 0 Å². The molecule has 0 N–H and O–H groups in total. The molecule has 0 aliphatic heterocycles. The molecule has 0 spiro atoms. The number of aromatic nitrogens is 4. The lowest BCUT2D eigenvalue weighted by atomic mass is 10.1. The second-order valence-corrected chi connectivity index (χ2v) is 11.0. The number of nitrogens with zero attached hydrogens (tertiary/aromatic N) is 4. The summed E-state index contributed by atoms with van der Waals surface area (Å²) in [4.78, 5) is 22.9. The molecule has 0 saturated carbocycles. The topological polar surface area (TPSA) is 61.4 Å². The number of para-hydroxylation sites is 2. The number of carbonyl (C=O) groups is 1. The molecule has 3 heterocycles. The van der Waals surface area contributed by atoms with Gasteiger partial charge in [-0.1, -0.05) is 85.3 Å². The summed E-state index contributed by atoms with van der Waals surface area (Å²) < 4.78 is 10.3. The highest BCUT2D eigenvalue weighted by Gasteiger charge is 2.23. The van der Waals surface area contributed by atoms with Gasteiger partial charge in [-0.3, -0.25) is 9.20 Å². The lowest BCUT2D eigenvalue weighted by Crippen LogP contribution is -2.11. The molecule has 4 aromatic rings. The van der Waals surface area contributed by atoms with E-state index in [2.05, 4.69) is 35.8 Å². The quantitative estimate of drug-likeness (QED) is 0.142. The third-order valence-electron chi connectivity index (χ3n) is 6.68.